The molecule has 0 aromatic heterocycles. The van der Waals surface area contributed by atoms with Crippen LogP contribution in [0.15, 0.2) is 30.3 Å². The molecule has 0 saturated carbocycles. The highest BCUT2D eigenvalue weighted by molar-refractivity contribution is 5.78. The summed E-state index contributed by atoms with van der Waals surface area (Å²) in [5.41, 5.74) is 1.14. The summed E-state index contributed by atoms with van der Waals surface area (Å²) in [7, 11) is 2.04. The van der Waals surface area contributed by atoms with E-state index in [1.165, 1.54) is 0 Å². The van der Waals surface area contributed by atoms with E-state index in [2.05, 4.69) is 15.5 Å². The van der Waals surface area contributed by atoms with Crippen LogP contribution in [0, 0.1) is 0 Å². The second-order valence-corrected chi connectivity index (χ2v) is 5.16. The molecule has 104 valence electrons. The molecule has 1 aromatic rings. The van der Waals surface area contributed by atoms with Gasteiger partial charge >= 0.3 is 0 Å². The number of carbonyl (C=O) groups is 1. The lowest BCUT2D eigenvalue weighted by Crippen LogP contribution is -2.45. The average Bonchev–Trinajstić information content (AvgIpc) is 2.47. The number of hydrogen-bond acceptors (Lipinski definition) is 3. The largest absolute Gasteiger partial charge is 0.351 e. The molecule has 4 heteroatoms. The monoisotopic (exact) mass is 261 g/mol. The molecule has 1 saturated heterocycles. The quantitative estimate of drug-likeness (QED) is 0.830. The lowest BCUT2D eigenvalue weighted by molar-refractivity contribution is -0.122. The Morgan fingerprint density at radius 1 is 1.32 bits per heavy atom. The summed E-state index contributed by atoms with van der Waals surface area (Å²) in [6.45, 7) is 3.21. The van der Waals surface area contributed by atoms with Crippen molar-refractivity contribution >= 4 is 5.91 Å². The van der Waals surface area contributed by atoms with Gasteiger partial charge in [-0.1, -0.05) is 30.3 Å². The number of likely N-dealkylation sites (N-methyl/N-ethyl adjacent to an activating group) is 1. The maximum atomic E-state index is 11.9. The molecule has 0 unspecified atom stereocenters. The van der Waals surface area contributed by atoms with Gasteiger partial charge in [0.25, 0.3) is 0 Å². The van der Waals surface area contributed by atoms with Crippen LogP contribution < -0.4 is 10.6 Å². The van der Waals surface area contributed by atoms with Crippen molar-refractivity contribution in [3.63, 3.8) is 0 Å². The van der Waals surface area contributed by atoms with Crippen molar-refractivity contribution in [2.24, 2.45) is 0 Å². The number of rotatable bonds is 5. The van der Waals surface area contributed by atoms with Gasteiger partial charge in [0.2, 0.25) is 5.91 Å². The number of nitrogens with one attached hydrogen (secondary N) is 2. The molecule has 0 spiro atoms. The Morgan fingerprint density at radius 3 is 2.68 bits per heavy atom. The van der Waals surface area contributed by atoms with Crippen LogP contribution in [0.2, 0.25) is 0 Å². The molecule has 1 aliphatic heterocycles. The Kier molecular flexibility index (Phi) is 5.36. The summed E-state index contributed by atoms with van der Waals surface area (Å²) in [5, 5.41) is 6.32. The topological polar surface area (TPSA) is 44.4 Å². The highest BCUT2D eigenvalue weighted by Crippen LogP contribution is 2.09. The molecule has 0 aliphatic carbocycles. The first-order chi connectivity index (χ1) is 9.25. The zero-order valence-electron chi connectivity index (χ0n) is 11.6. The van der Waals surface area contributed by atoms with Gasteiger partial charge in [-0.2, -0.15) is 0 Å². The van der Waals surface area contributed by atoms with E-state index < -0.39 is 0 Å². The molecule has 19 heavy (non-hydrogen) atoms. The molecule has 0 atom stereocenters. The lowest BCUT2D eigenvalue weighted by Gasteiger charge is -2.31. The first-order valence-electron chi connectivity index (χ1n) is 6.97. The SMILES string of the molecule is CN(CC(=O)NCc1ccccc1)C1CCNCC1. The van der Waals surface area contributed by atoms with Crippen molar-refractivity contribution in [2.75, 3.05) is 26.7 Å². The molecule has 1 aromatic carbocycles. The van der Waals surface area contributed by atoms with Crippen LogP contribution in [-0.4, -0.2) is 43.5 Å². The summed E-state index contributed by atoms with van der Waals surface area (Å²) in [4.78, 5) is 14.1. The number of benzene rings is 1. The summed E-state index contributed by atoms with van der Waals surface area (Å²) in [6, 6.07) is 10.5. The van der Waals surface area contributed by atoms with Gasteiger partial charge in [-0.15, -0.1) is 0 Å². The van der Waals surface area contributed by atoms with E-state index in [9.17, 15) is 4.79 Å². The van der Waals surface area contributed by atoms with Crippen molar-refractivity contribution < 1.29 is 4.79 Å². The van der Waals surface area contributed by atoms with Crippen molar-refractivity contribution in [3.8, 4) is 0 Å². The second kappa shape index (κ2) is 7.26. The third kappa shape index (κ3) is 4.65. The summed E-state index contributed by atoms with van der Waals surface area (Å²) >= 11 is 0. The molecule has 1 fully saturated rings. The first-order valence-corrected chi connectivity index (χ1v) is 6.97. The maximum absolute atomic E-state index is 11.9. The Bertz CT molecular complexity index is 388. The number of nitrogens with zero attached hydrogens (tertiary/aromatic N) is 1. The predicted molar refractivity (Wildman–Crippen MR) is 76.8 cm³/mol. The summed E-state index contributed by atoms with van der Waals surface area (Å²) in [6.07, 6.45) is 2.25. The van der Waals surface area contributed by atoms with Gasteiger partial charge < -0.3 is 10.6 Å². The van der Waals surface area contributed by atoms with Crippen molar-refractivity contribution in [2.45, 2.75) is 25.4 Å². The van der Waals surface area contributed by atoms with E-state index in [1.807, 2.05) is 37.4 Å². The molecule has 4 nitrogen and oxygen atoms in total. The molecule has 1 amide bonds. The van der Waals surface area contributed by atoms with Crippen molar-refractivity contribution in [3.05, 3.63) is 35.9 Å². The highest BCUT2D eigenvalue weighted by Gasteiger charge is 2.19. The van der Waals surface area contributed by atoms with E-state index >= 15 is 0 Å². The Balaban J connectivity index is 1.71. The highest BCUT2D eigenvalue weighted by atomic mass is 16.2. The second-order valence-electron chi connectivity index (χ2n) is 5.16. The van der Waals surface area contributed by atoms with Crippen molar-refractivity contribution in [1.29, 1.82) is 0 Å². The average molecular weight is 261 g/mol. The molecule has 0 bridgehead atoms. The van der Waals surface area contributed by atoms with Crippen LogP contribution in [0.25, 0.3) is 0 Å². The van der Waals surface area contributed by atoms with Gasteiger partial charge in [0, 0.05) is 12.6 Å². The van der Waals surface area contributed by atoms with Gasteiger partial charge in [0.05, 0.1) is 6.54 Å². The molecular weight excluding hydrogens is 238 g/mol. The van der Waals surface area contributed by atoms with Crippen LogP contribution in [0.3, 0.4) is 0 Å². The minimum Gasteiger partial charge on any atom is -0.351 e. The number of hydrogen-bond donors (Lipinski definition) is 2. The maximum Gasteiger partial charge on any atom is 0.234 e. The van der Waals surface area contributed by atoms with Crippen LogP contribution in [-0.2, 0) is 11.3 Å². The minimum absolute atomic E-state index is 0.102. The Morgan fingerprint density at radius 2 is 2.00 bits per heavy atom. The third-order valence-corrected chi connectivity index (χ3v) is 3.66. The smallest absolute Gasteiger partial charge is 0.234 e. The summed E-state index contributed by atoms with van der Waals surface area (Å²) in [5.74, 6) is 0.102. The Hall–Kier alpha value is -1.39. The third-order valence-electron chi connectivity index (χ3n) is 3.66. The standard InChI is InChI=1S/C15H23N3O/c1-18(14-7-9-16-10-8-14)12-15(19)17-11-13-5-3-2-4-6-13/h2-6,14,16H,7-12H2,1H3,(H,17,19). The van der Waals surface area contributed by atoms with Gasteiger partial charge in [0.1, 0.15) is 0 Å². The van der Waals surface area contributed by atoms with E-state index in [1.54, 1.807) is 0 Å². The van der Waals surface area contributed by atoms with Gasteiger partial charge in [-0.25, -0.2) is 0 Å². The predicted octanol–water partition coefficient (Wildman–Crippen LogP) is 0.987. The molecule has 1 heterocycles. The van der Waals surface area contributed by atoms with Crippen molar-refractivity contribution in [1.82, 2.24) is 15.5 Å². The van der Waals surface area contributed by atoms with Crippen LogP contribution in [0.1, 0.15) is 18.4 Å². The first kappa shape index (κ1) is 14.0. The van der Waals surface area contributed by atoms with Gasteiger partial charge in [-0.3, -0.25) is 9.69 Å². The molecule has 0 radical (unpaired) electrons. The van der Waals surface area contributed by atoms with Crippen LogP contribution >= 0.6 is 0 Å². The molecule has 2 N–H and O–H groups in total. The fourth-order valence-corrected chi connectivity index (χ4v) is 2.46. The molecular formula is C15H23N3O. The minimum atomic E-state index is 0.102. The van der Waals surface area contributed by atoms with Gasteiger partial charge in [0.15, 0.2) is 0 Å². The molecule has 1 aliphatic rings. The zero-order chi connectivity index (χ0) is 13.5. The zero-order valence-corrected chi connectivity index (χ0v) is 11.6. The Labute approximate surface area is 115 Å². The number of carbonyl (C=O) groups excluding carboxylic acids is 1. The lowest BCUT2D eigenvalue weighted by atomic mass is 10.1. The van der Waals surface area contributed by atoms with E-state index in [4.69, 9.17) is 0 Å². The molecule has 2 rings (SSSR count). The number of amides is 1. The fourth-order valence-electron chi connectivity index (χ4n) is 2.46. The van der Waals surface area contributed by atoms with E-state index in [0.29, 0.717) is 19.1 Å². The normalized spacial score (nSPS) is 16.5. The van der Waals surface area contributed by atoms with Crippen LogP contribution in [0.5, 0.6) is 0 Å². The number of piperidine rings is 1. The van der Waals surface area contributed by atoms with E-state index in [0.717, 1.165) is 31.5 Å². The van der Waals surface area contributed by atoms with Crippen LogP contribution in [0.4, 0.5) is 0 Å². The summed E-state index contributed by atoms with van der Waals surface area (Å²) < 4.78 is 0. The van der Waals surface area contributed by atoms with E-state index in [-0.39, 0.29) is 5.91 Å². The van der Waals surface area contributed by atoms with Gasteiger partial charge in [-0.05, 0) is 38.5 Å². The fraction of sp³-hybridized carbons (Fsp3) is 0.533.